The van der Waals surface area contributed by atoms with E-state index in [9.17, 15) is 0 Å². The smallest absolute Gasteiger partial charge is 0.0562 e. The molecule has 1 rings (SSSR count). The van der Waals surface area contributed by atoms with Crippen LogP contribution in [0.1, 0.15) is 6.92 Å². The highest BCUT2D eigenvalue weighted by Crippen LogP contribution is 1.75. The molecule has 0 radical (unpaired) electrons. The van der Waals surface area contributed by atoms with Crippen molar-refractivity contribution < 1.29 is 4.68 Å². The van der Waals surface area contributed by atoms with Gasteiger partial charge in [0, 0.05) is 0 Å². The molecule has 0 aromatic carbocycles. The van der Waals surface area contributed by atoms with Crippen molar-refractivity contribution in [2.45, 2.75) is 6.92 Å². The Bertz CT molecular complexity index is 180. The summed E-state index contributed by atoms with van der Waals surface area (Å²) in [5.74, 6) is 2.81. The molecule has 0 aromatic heterocycles. The van der Waals surface area contributed by atoms with E-state index < -0.39 is 0 Å². The summed E-state index contributed by atoms with van der Waals surface area (Å²) in [6, 6.07) is 0. The Balaban J connectivity index is 2.91. The Morgan fingerprint density at radius 1 is 1.75 bits per heavy atom. The Labute approximate surface area is 47.4 Å². The van der Waals surface area contributed by atoms with Crippen LogP contribution in [0, 0.1) is 0 Å². The van der Waals surface area contributed by atoms with Crippen LogP contribution in [0.4, 0.5) is 0 Å². The molecule has 0 saturated heterocycles. The molecule has 40 valence electrons. The van der Waals surface area contributed by atoms with E-state index in [1.54, 1.807) is 12.4 Å². The lowest BCUT2D eigenvalue weighted by molar-refractivity contribution is -0.389. The van der Waals surface area contributed by atoms with E-state index in [2.05, 4.69) is 16.0 Å². The summed E-state index contributed by atoms with van der Waals surface area (Å²) in [6.45, 7) is 1.88. The van der Waals surface area contributed by atoms with Crippen LogP contribution in [0.25, 0.3) is 0 Å². The predicted octanol–water partition coefficient (Wildman–Crippen LogP) is 0.230. The van der Waals surface area contributed by atoms with Gasteiger partial charge >= 0.3 is 6.34 Å². The largest absolute Gasteiger partial charge is 0.322 e. The van der Waals surface area contributed by atoms with Gasteiger partial charge in [-0.1, -0.05) is 4.68 Å². The summed E-state index contributed by atoms with van der Waals surface area (Å²) in [5.41, 5.74) is 0. The number of aliphatic imine (C=N–C) groups is 1. The highest BCUT2D eigenvalue weighted by Gasteiger charge is 1.96. The monoisotopic (exact) mass is 108 g/mol. The van der Waals surface area contributed by atoms with Gasteiger partial charge in [0.25, 0.3) is 6.34 Å². The lowest BCUT2D eigenvalue weighted by Crippen LogP contribution is -1.92. The number of nitrogens with zero attached hydrogens (tertiary/aromatic N) is 3. The van der Waals surface area contributed by atoms with Gasteiger partial charge in [0.1, 0.15) is 0 Å². The molecule has 0 saturated carbocycles. The van der Waals surface area contributed by atoms with Crippen molar-refractivity contribution in [2.75, 3.05) is 0 Å². The number of hydrazone groups is 1. The quantitative estimate of drug-likeness (QED) is 0.397. The van der Waals surface area contributed by atoms with Crippen LogP contribution in [-0.4, -0.2) is 23.2 Å². The van der Waals surface area contributed by atoms with Crippen LogP contribution in [0.2, 0.25) is 0 Å². The second kappa shape index (κ2) is 2.19. The van der Waals surface area contributed by atoms with E-state index in [4.69, 9.17) is 0 Å². The van der Waals surface area contributed by atoms with Crippen LogP contribution in [-0.2, 0) is 0 Å². The minimum atomic E-state index is 1.47. The van der Waals surface area contributed by atoms with Gasteiger partial charge in [0.05, 0.1) is 5.87 Å². The fraction of sp³-hybridized carbons (Fsp3) is 0.200. The second-order valence-corrected chi connectivity index (χ2v) is 1.26. The van der Waals surface area contributed by atoms with Gasteiger partial charge in [-0.3, -0.25) is 0 Å². The minimum Gasteiger partial charge on any atom is -0.0562 e. The molecule has 1 aliphatic heterocycles. The van der Waals surface area contributed by atoms with Gasteiger partial charge in [-0.25, -0.2) is 0 Å². The molecule has 3 nitrogen and oxygen atoms in total. The van der Waals surface area contributed by atoms with Crippen molar-refractivity contribution in [3.63, 3.8) is 0 Å². The summed E-state index contributed by atoms with van der Waals surface area (Å²) >= 11 is 0. The fourth-order valence-corrected chi connectivity index (χ4v) is 0.407. The molecule has 0 fully saturated rings. The normalized spacial score (nSPS) is 14.4. The van der Waals surface area contributed by atoms with Crippen molar-refractivity contribution in [3.8, 4) is 0 Å². The minimum absolute atomic E-state index is 1.47. The first-order chi connectivity index (χ1) is 3.93. The Morgan fingerprint density at radius 3 is 3.12 bits per heavy atom. The molecule has 3 heteroatoms. The molecule has 0 atom stereocenters. The third-order valence-electron chi connectivity index (χ3n) is 0.680. The van der Waals surface area contributed by atoms with Crippen molar-refractivity contribution in [2.24, 2.45) is 10.1 Å². The van der Waals surface area contributed by atoms with Gasteiger partial charge < -0.3 is 0 Å². The van der Waals surface area contributed by atoms with Crippen LogP contribution in [0.3, 0.4) is 0 Å². The van der Waals surface area contributed by atoms with Gasteiger partial charge in [-0.15, -0.1) is 0 Å². The lowest BCUT2D eigenvalue weighted by atomic mass is 10.7. The zero-order valence-electron chi connectivity index (χ0n) is 4.57. The molecule has 8 heavy (non-hydrogen) atoms. The fourth-order valence-electron chi connectivity index (χ4n) is 0.407. The van der Waals surface area contributed by atoms with E-state index in [0.717, 1.165) is 0 Å². The van der Waals surface area contributed by atoms with Crippen LogP contribution < -0.4 is 0 Å². The first-order valence-electron chi connectivity index (χ1n) is 2.32. The molecule has 0 spiro atoms. The van der Waals surface area contributed by atoms with Gasteiger partial charge in [0.15, 0.2) is 0 Å². The van der Waals surface area contributed by atoms with Crippen molar-refractivity contribution >= 4 is 18.5 Å². The van der Waals surface area contributed by atoms with Gasteiger partial charge in [-0.05, 0) is 23.1 Å². The van der Waals surface area contributed by atoms with Crippen molar-refractivity contribution in [3.05, 3.63) is 6.08 Å². The topological polar surface area (TPSA) is 27.7 Å². The molecule has 1 aliphatic rings. The summed E-state index contributed by atoms with van der Waals surface area (Å²) in [7, 11) is 0. The summed E-state index contributed by atoms with van der Waals surface area (Å²) in [6.07, 6.45) is 4.82. The van der Waals surface area contributed by atoms with E-state index in [1.807, 2.05) is 6.92 Å². The number of allylic oxidation sites excluding steroid dienone is 1. The number of hydrogen-bond acceptors (Lipinski definition) is 2. The average molecular weight is 108 g/mol. The molecule has 1 heterocycles. The highest BCUT2D eigenvalue weighted by molar-refractivity contribution is 5.72. The van der Waals surface area contributed by atoms with E-state index in [-0.39, 0.29) is 0 Å². The summed E-state index contributed by atoms with van der Waals surface area (Å²) in [4.78, 5) is 3.71. The number of rotatable bonds is 0. The average Bonchev–Trinajstić information content (AvgIpc) is 2.19. The lowest BCUT2D eigenvalue weighted by Gasteiger charge is -1.67. The standard InChI is InChI=1S/C5H6N3/c1-2-3-8-5-6-4-7-8/h2,4-5H,1H3/q+1. The van der Waals surface area contributed by atoms with Crippen LogP contribution in [0.5, 0.6) is 0 Å². The second-order valence-electron chi connectivity index (χ2n) is 1.26. The Kier molecular flexibility index (Phi) is 1.35. The maximum atomic E-state index is 3.77. The third kappa shape index (κ3) is 0.891. The molecule has 0 bridgehead atoms. The Hall–Kier alpha value is -1.21. The Morgan fingerprint density at radius 2 is 2.62 bits per heavy atom. The van der Waals surface area contributed by atoms with Crippen molar-refractivity contribution in [1.29, 1.82) is 0 Å². The van der Waals surface area contributed by atoms with Crippen molar-refractivity contribution in [1.82, 2.24) is 0 Å². The first-order valence-corrected chi connectivity index (χ1v) is 2.32. The summed E-state index contributed by atoms with van der Waals surface area (Å²) < 4.78 is 1.51. The van der Waals surface area contributed by atoms with Gasteiger partial charge in [-0.2, -0.15) is 0 Å². The highest BCUT2D eigenvalue weighted by atomic mass is 15.4. The van der Waals surface area contributed by atoms with E-state index >= 15 is 0 Å². The van der Waals surface area contributed by atoms with E-state index in [0.29, 0.717) is 0 Å². The third-order valence-corrected chi connectivity index (χ3v) is 0.680. The molecular formula is C5H6N3+. The predicted molar refractivity (Wildman–Crippen MR) is 32.5 cm³/mol. The maximum Gasteiger partial charge on any atom is 0.322 e. The first kappa shape index (κ1) is 4.94. The van der Waals surface area contributed by atoms with Crippen LogP contribution >= 0.6 is 0 Å². The van der Waals surface area contributed by atoms with E-state index in [1.165, 1.54) is 11.0 Å². The van der Waals surface area contributed by atoms with Gasteiger partial charge in [0.2, 0.25) is 0 Å². The zero-order valence-corrected chi connectivity index (χ0v) is 4.57. The molecule has 0 unspecified atom stereocenters. The molecule has 0 aromatic rings. The molecular weight excluding hydrogens is 102 g/mol. The van der Waals surface area contributed by atoms with Crippen LogP contribution in [0.15, 0.2) is 16.2 Å². The maximum absolute atomic E-state index is 3.77. The zero-order chi connectivity index (χ0) is 5.82. The SMILES string of the molecule is CC=C=[N+]1C=NC=N1. The molecule has 0 aliphatic carbocycles. The molecule has 0 N–H and O–H groups in total. The molecule has 0 amide bonds. The summed E-state index contributed by atoms with van der Waals surface area (Å²) in [5, 5.41) is 3.77. The number of hydrogen-bond donors (Lipinski definition) is 0.